The van der Waals surface area contributed by atoms with Crippen LogP contribution in [0.4, 0.5) is 14.5 Å². The standard InChI is InChI=1S/C21H18F2N2O/c1-15-2-4-17(5-3-15)14-26-19-9-6-16(7-10-19)13-24-25-21-11-8-18(22)12-20(21)23/h2-13,25H,14H2,1H3/b24-13-. The van der Waals surface area contributed by atoms with Gasteiger partial charge in [0, 0.05) is 6.07 Å². The quantitative estimate of drug-likeness (QED) is 0.482. The van der Waals surface area contributed by atoms with Crippen LogP contribution in [0.15, 0.2) is 71.8 Å². The van der Waals surface area contributed by atoms with Gasteiger partial charge in [-0.05, 0) is 54.4 Å². The molecule has 0 amide bonds. The van der Waals surface area contributed by atoms with E-state index in [-0.39, 0.29) is 5.69 Å². The first-order valence-electron chi connectivity index (χ1n) is 8.13. The van der Waals surface area contributed by atoms with Gasteiger partial charge in [-0.2, -0.15) is 5.10 Å². The third kappa shape index (κ3) is 4.89. The highest BCUT2D eigenvalue weighted by Gasteiger charge is 2.01. The van der Waals surface area contributed by atoms with Gasteiger partial charge in [0.05, 0.1) is 11.9 Å². The molecule has 0 aliphatic carbocycles. The van der Waals surface area contributed by atoms with Crippen molar-refractivity contribution in [3.63, 3.8) is 0 Å². The maximum Gasteiger partial charge on any atom is 0.151 e. The summed E-state index contributed by atoms with van der Waals surface area (Å²) in [4.78, 5) is 0. The Morgan fingerprint density at radius 2 is 1.69 bits per heavy atom. The summed E-state index contributed by atoms with van der Waals surface area (Å²) in [5, 5.41) is 3.96. The van der Waals surface area contributed by atoms with Crippen LogP contribution in [0, 0.1) is 18.6 Å². The molecular weight excluding hydrogens is 334 g/mol. The second-order valence-corrected chi connectivity index (χ2v) is 5.84. The van der Waals surface area contributed by atoms with Crippen molar-refractivity contribution < 1.29 is 13.5 Å². The van der Waals surface area contributed by atoms with Gasteiger partial charge in [-0.25, -0.2) is 8.78 Å². The third-order valence-electron chi connectivity index (χ3n) is 3.74. The Bertz CT molecular complexity index is 891. The first-order valence-corrected chi connectivity index (χ1v) is 8.13. The minimum atomic E-state index is -0.693. The van der Waals surface area contributed by atoms with Crippen molar-refractivity contribution in [2.75, 3.05) is 5.43 Å². The number of ether oxygens (including phenoxy) is 1. The second-order valence-electron chi connectivity index (χ2n) is 5.84. The Kier molecular flexibility index (Phi) is 5.59. The van der Waals surface area contributed by atoms with Crippen LogP contribution in [0.1, 0.15) is 16.7 Å². The predicted octanol–water partition coefficient (Wildman–Crippen LogP) is 5.30. The molecule has 0 unspecified atom stereocenters. The van der Waals surface area contributed by atoms with Crippen LogP contribution < -0.4 is 10.2 Å². The average Bonchev–Trinajstić information content (AvgIpc) is 2.64. The Morgan fingerprint density at radius 1 is 0.962 bits per heavy atom. The number of aryl methyl sites for hydroxylation is 1. The Hall–Kier alpha value is -3.21. The van der Waals surface area contributed by atoms with Crippen molar-refractivity contribution in [2.45, 2.75) is 13.5 Å². The molecule has 3 aromatic carbocycles. The number of nitrogens with zero attached hydrogens (tertiary/aromatic N) is 1. The number of benzene rings is 3. The predicted molar refractivity (Wildman–Crippen MR) is 99.5 cm³/mol. The zero-order valence-corrected chi connectivity index (χ0v) is 14.2. The first-order chi connectivity index (χ1) is 12.6. The van der Waals surface area contributed by atoms with Crippen LogP contribution in [-0.2, 0) is 6.61 Å². The molecular formula is C21H18F2N2O. The molecule has 0 aliphatic rings. The average molecular weight is 352 g/mol. The zero-order valence-electron chi connectivity index (χ0n) is 14.2. The minimum Gasteiger partial charge on any atom is -0.489 e. The number of hydrazone groups is 1. The Morgan fingerprint density at radius 3 is 2.38 bits per heavy atom. The van der Waals surface area contributed by atoms with E-state index in [0.717, 1.165) is 22.9 Å². The van der Waals surface area contributed by atoms with E-state index in [0.29, 0.717) is 6.61 Å². The lowest BCUT2D eigenvalue weighted by Crippen LogP contribution is -1.96. The van der Waals surface area contributed by atoms with Crippen molar-refractivity contribution in [1.82, 2.24) is 0 Å². The fourth-order valence-corrected chi connectivity index (χ4v) is 2.26. The Labute approximate surface area is 151 Å². The van der Waals surface area contributed by atoms with Crippen molar-refractivity contribution in [2.24, 2.45) is 5.10 Å². The molecule has 3 aromatic rings. The van der Waals surface area contributed by atoms with Crippen molar-refractivity contribution in [1.29, 1.82) is 0 Å². The van der Waals surface area contributed by atoms with Gasteiger partial charge >= 0.3 is 0 Å². The molecule has 0 spiro atoms. The number of hydrogen-bond acceptors (Lipinski definition) is 3. The van der Waals surface area contributed by atoms with Gasteiger partial charge < -0.3 is 4.74 Å². The van der Waals surface area contributed by atoms with E-state index in [1.54, 1.807) is 6.21 Å². The van der Waals surface area contributed by atoms with E-state index in [1.165, 1.54) is 17.7 Å². The molecule has 132 valence electrons. The summed E-state index contributed by atoms with van der Waals surface area (Å²) in [6.07, 6.45) is 1.55. The van der Waals surface area contributed by atoms with Crippen molar-refractivity contribution >= 4 is 11.9 Å². The van der Waals surface area contributed by atoms with Gasteiger partial charge in [-0.1, -0.05) is 29.8 Å². The zero-order chi connectivity index (χ0) is 18.4. The molecule has 0 aliphatic heterocycles. The molecule has 3 nitrogen and oxygen atoms in total. The van der Waals surface area contributed by atoms with Crippen LogP contribution in [0.5, 0.6) is 5.75 Å². The second kappa shape index (κ2) is 8.25. The molecule has 0 saturated heterocycles. The molecule has 0 bridgehead atoms. The highest BCUT2D eigenvalue weighted by molar-refractivity contribution is 5.80. The lowest BCUT2D eigenvalue weighted by Gasteiger charge is -2.07. The van der Waals surface area contributed by atoms with E-state index < -0.39 is 11.6 Å². The SMILES string of the molecule is Cc1ccc(COc2ccc(/C=N\Nc3ccc(F)cc3F)cc2)cc1. The van der Waals surface area contributed by atoms with Gasteiger partial charge in [0.15, 0.2) is 5.82 Å². The van der Waals surface area contributed by atoms with Crippen LogP contribution in [0.2, 0.25) is 0 Å². The molecule has 0 fully saturated rings. The van der Waals surface area contributed by atoms with Gasteiger partial charge in [0.1, 0.15) is 18.2 Å². The third-order valence-corrected chi connectivity index (χ3v) is 3.74. The fraction of sp³-hybridized carbons (Fsp3) is 0.0952. The molecule has 0 radical (unpaired) electrons. The highest BCUT2D eigenvalue weighted by Crippen LogP contribution is 2.16. The fourth-order valence-electron chi connectivity index (χ4n) is 2.26. The number of halogens is 2. The maximum absolute atomic E-state index is 13.5. The summed E-state index contributed by atoms with van der Waals surface area (Å²) in [6.45, 7) is 2.54. The van der Waals surface area contributed by atoms with Crippen molar-refractivity contribution in [3.05, 3.63) is 95.1 Å². The number of rotatable bonds is 6. The van der Waals surface area contributed by atoms with E-state index in [9.17, 15) is 8.78 Å². The van der Waals surface area contributed by atoms with E-state index in [1.807, 2.05) is 43.3 Å². The number of hydrogen-bond donors (Lipinski definition) is 1. The summed E-state index contributed by atoms with van der Waals surface area (Å²) in [7, 11) is 0. The van der Waals surface area contributed by atoms with Crippen LogP contribution in [0.25, 0.3) is 0 Å². The summed E-state index contributed by atoms with van der Waals surface area (Å²) in [5.41, 5.74) is 5.80. The Balaban J connectivity index is 1.54. The molecule has 26 heavy (non-hydrogen) atoms. The van der Waals surface area contributed by atoms with Gasteiger partial charge in [0.25, 0.3) is 0 Å². The van der Waals surface area contributed by atoms with Crippen LogP contribution >= 0.6 is 0 Å². The van der Waals surface area contributed by atoms with Gasteiger partial charge in [-0.3, -0.25) is 5.43 Å². The summed E-state index contributed by atoms with van der Waals surface area (Å²) >= 11 is 0. The molecule has 5 heteroatoms. The normalized spacial score (nSPS) is 10.9. The molecule has 0 atom stereocenters. The lowest BCUT2D eigenvalue weighted by atomic mass is 10.2. The van der Waals surface area contributed by atoms with Gasteiger partial charge in [0.2, 0.25) is 0 Å². The molecule has 0 heterocycles. The first kappa shape index (κ1) is 17.6. The monoisotopic (exact) mass is 352 g/mol. The number of nitrogens with one attached hydrogen (secondary N) is 1. The number of anilines is 1. The molecule has 3 rings (SSSR count). The smallest absolute Gasteiger partial charge is 0.151 e. The van der Waals surface area contributed by atoms with Crippen LogP contribution in [0.3, 0.4) is 0 Å². The minimum absolute atomic E-state index is 0.112. The lowest BCUT2D eigenvalue weighted by molar-refractivity contribution is 0.306. The largest absolute Gasteiger partial charge is 0.489 e. The molecule has 0 saturated carbocycles. The molecule has 1 N–H and O–H groups in total. The summed E-state index contributed by atoms with van der Waals surface area (Å²) in [6, 6.07) is 18.8. The van der Waals surface area contributed by atoms with E-state index in [2.05, 4.69) is 22.7 Å². The van der Waals surface area contributed by atoms with Gasteiger partial charge in [-0.15, -0.1) is 0 Å². The maximum atomic E-state index is 13.5. The highest BCUT2D eigenvalue weighted by atomic mass is 19.1. The van der Waals surface area contributed by atoms with E-state index in [4.69, 9.17) is 4.74 Å². The van der Waals surface area contributed by atoms with Crippen molar-refractivity contribution in [3.8, 4) is 5.75 Å². The van der Waals surface area contributed by atoms with E-state index >= 15 is 0 Å². The van der Waals surface area contributed by atoms with Crippen LogP contribution in [-0.4, -0.2) is 6.21 Å². The molecule has 0 aromatic heterocycles. The topological polar surface area (TPSA) is 33.6 Å². The summed E-state index contributed by atoms with van der Waals surface area (Å²) in [5.74, 6) is -0.569. The summed E-state index contributed by atoms with van der Waals surface area (Å²) < 4.78 is 32.1.